The quantitative estimate of drug-likeness (QED) is 0.512. The molecular weight excluding hydrogens is 387 g/mol. The minimum atomic E-state index is -0.391. The Labute approximate surface area is 176 Å². The number of carbonyl (C=O) groups excluding carboxylic acids is 2. The fraction of sp³-hybridized carbons (Fsp3) is 0.391. The molecule has 3 rings (SSSR count). The van der Waals surface area contributed by atoms with Gasteiger partial charge in [-0.1, -0.05) is 26.0 Å². The second-order valence-corrected chi connectivity index (χ2v) is 8.65. The van der Waals surface area contributed by atoms with Crippen molar-refractivity contribution in [2.75, 3.05) is 36.8 Å². The number of anilines is 1. The molecule has 0 N–H and O–H groups in total. The molecule has 1 saturated heterocycles. The molecule has 0 atom stereocenters. The molecule has 1 aliphatic rings. The molecule has 6 heteroatoms. The highest BCUT2D eigenvalue weighted by Crippen LogP contribution is 2.24. The number of thioether (sulfide) groups is 1. The highest BCUT2D eigenvalue weighted by atomic mass is 32.2. The molecule has 154 valence electrons. The van der Waals surface area contributed by atoms with Gasteiger partial charge in [-0.3, -0.25) is 9.59 Å². The van der Waals surface area contributed by atoms with E-state index < -0.39 is 5.82 Å². The summed E-state index contributed by atoms with van der Waals surface area (Å²) < 4.78 is 14.4. The zero-order chi connectivity index (χ0) is 21.0. The van der Waals surface area contributed by atoms with Gasteiger partial charge >= 0.3 is 0 Å². The lowest BCUT2D eigenvalue weighted by Crippen LogP contribution is -2.49. The van der Waals surface area contributed by atoms with E-state index in [0.717, 1.165) is 4.90 Å². The van der Waals surface area contributed by atoms with Crippen LogP contribution in [-0.2, 0) is 4.79 Å². The number of hydrogen-bond acceptors (Lipinski definition) is 4. The first kappa shape index (κ1) is 21.4. The van der Waals surface area contributed by atoms with E-state index in [1.54, 1.807) is 23.9 Å². The van der Waals surface area contributed by atoms with Gasteiger partial charge in [0.15, 0.2) is 5.78 Å². The largest absolute Gasteiger partial charge is 0.366 e. The van der Waals surface area contributed by atoms with Crippen LogP contribution in [0.1, 0.15) is 42.6 Å². The number of carbonyl (C=O) groups is 2. The first-order valence-electron chi connectivity index (χ1n) is 9.91. The van der Waals surface area contributed by atoms with Crippen LogP contribution in [0, 0.1) is 5.82 Å². The first-order valence-corrected chi connectivity index (χ1v) is 10.9. The lowest BCUT2D eigenvalue weighted by molar-refractivity contribution is -0.128. The van der Waals surface area contributed by atoms with Gasteiger partial charge in [0.2, 0.25) is 5.91 Å². The van der Waals surface area contributed by atoms with Crippen molar-refractivity contribution in [3.05, 3.63) is 59.4 Å². The molecule has 1 heterocycles. The van der Waals surface area contributed by atoms with Crippen molar-refractivity contribution >= 4 is 29.1 Å². The first-order chi connectivity index (χ1) is 13.8. The Morgan fingerprint density at radius 1 is 1.03 bits per heavy atom. The van der Waals surface area contributed by atoms with E-state index in [4.69, 9.17) is 0 Å². The summed E-state index contributed by atoms with van der Waals surface area (Å²) in [6, 6.07) is 13.0. The van der Waals surface area contributed by atoms with E-state index in [1.165, 1.54) is 18.6 Å². The van der Waals surface area contributed by atoms with E-state index >= 15 is 0 Å². The number of amides is 1. The number of halogens is 1. The van der Waals surface area contributed by atoms with E-state index in [9.17, 15) is 14.0 Å². The molecule has 0 bridgehead atoms. The summed E-state index contributed by atoms with van der Waals surface area (Å²) in [5.74, 6) is 0.466. The maximum absolute atomic E-state index is 14.4. The van der Waals surface area contributed by atoms with Crippen LogP contribution in [0.15, 0.2) is 47.4 Å². The number of benzene rings is 2. The Morgan fingerprint density at radius 3 is 2.24 bits per heavy atom. The predicted octanol–water partition coefficient (Wildman–Crippen LogP) is 4.59. The van der Waals surface area contributed by atoms with Crippen LogP contribution in [0.3, 0.4) is 0 Å². The van der Waals surface area contributed by atoms with Crippen LogP contribution in [0.5, 0.6) is 0 Å². The molecule has 0 radical (unpaired) electrons. The SMILES string of the molecule is CC(=O)c1ccc(N2CCN(C(=O)CSc3ccc(C(C)C)cc3)CC2)c(F)c1. The molecular formula is C23H27FN2O2S. The summed E-state index contributed by atoms with van der Waals surface area (Å²) in [7, 11) is 0. The summed E-state index contributed by atoms with van der Waals surface area (Å²) in [6.45, 7) is 8.05. The Morgan fingerprint density at radius 2 is 1.69 bits per heavy atom. The standard InChI is InChI=1S/C23H27FN2O2S/c1-16(2)18-4-7-20(8-5-18)29-15-23(28)26-12-10-25(11-13-26)22-9-6-19(17(3)27)14-21(22)24/h4-9,14,16H,10-13,15H2,1-3H3. The fourth-order valence-corrected chi connectivity index (χ4v) is 4.17. The van der Waals surface area contributed by atoms with Crippen molar-refractivity contribution in [2.45, 2.75) is 31.6 Å². The number of ketones is 1. The lowest BCUT2D eigenvalue weighted by Gasteiger charge is -2.36. The third-order valence-corrected chi connectivity index (χ3v) is 6.23. The predicted molar refractivity (Wildman–Crippen MR) is 116 cm³/mol. The van der Waals surface area contributed by atoms with Crippen LogP contribution in [0.4, 0.5) is 10.1 Å². The molecule has 1 amide bonds. The van der Waals surface area contributed by atoms with Crippen molar-refractivity contribution in [1.29, 1.82) is 0 Å². The second-order valence-electron chi connectivity index (χ2n) is 7.60. The minimum absolute atomic E-state index is 0.106. The summed E-state index contributed by atoms with van der Waals surface area (Å²) >= 11 is 1.55. The van der Waals surface area contributed by atoms with Gasteiger partial charge in [-0.15, -0.1) is 11.8 Å². The van der Waals surface area contributed by atoms with E-state index in [2.05, 4.69) is 38.1 Å². The Kier molecular flexibility index (Phi) is 6.96. The third-order valence-electron chi connectivity index (χ3n) is 5.24. The van der Waals surface area contributed by atoms with E-state index in [1.807, 2.05) is 9.80 Å². The number of Topliss-reactive ketones (excluding diaryl/α,β-unsaturated/α-hetero) is 1. The monoisotopic (exact) mass is 414 g/mol. The molecule has 0 aromatic heterocycles. The molecule has 2 aromatic rings. The molecule has 4 nitrogen and oxygen atoms in total. The highest BCUT2D eigenvalue weighted by Gasteiger charge is 2.23. The average Bonchev–Trinajstić information content (AvgIpc) is 2.72. The van der Waals surface area contributed by atoms with Crippen molar-refractivity contribution in [2.24, 2.45) is 0 Å². The van der Waals surface area contributed by atoms with Gasteiger partial charge in [-0.25, -0.2) is 4.39 Å². The van der Waals surface area contributed by atoms with E-state index in [-0.39, 0.29) is 11.7 Å². The van der Waals surface area contributed by atoms with Crippen molar-refractivity contribution in [3.8, 4) is 0 Å². The molecule has 0 unspecified atom stereocenters. The molecule has 0 spiro atoms. The van der Waals surface area contributed by atoms with Gasteiger partial charge in [0.05, 0.1) is 11.4 Å². The minimum Gasteiger partial charge on any atom is -0.366 e. The van der Waals surface area contributed by atoms with Crippen LogP contribution in [-0.4, -0.2) is 48.5 Å². The Hall–Kier alpha value is -2.34. The number of piperazine rings is 1. The molecule has 2 aromatic carbocycles. The summed E-state index contributed by atoms with van der Waals surface area (Å²) in [4.78, 5) is 28.8. The van der Waals surface area contributed by atoms with Crippen molar-refractivity contribution in [3.63, 3.8) is 0 Å². The van der Waals surface area contributed by atoms with Gasteiger partial charge in [0.25, 0.3) is 0 Å². The van der Waals surface area contributed by atoms with Crippen molar-refractivity contribution in [1.82, 2.24) is 4.90 Å². The molecule has 1 aliphatic heterocycles. The third kappa shape index (κ3) is 5.38. The van der Waals surface area contributed by atoms with Gasteiger partial charge in [0, 0.05) is 36.6 Å². The van der Waals surface area contributed by atoms with Crippen LogP contribution in [0.25, 0.3) is 0 Å². The summed E-state index contributed by atoms with van der Waals surface area (Å²) in [5, 5.41) is 0. The maximum atomic E-state index is 14.4. The van der Waals surface area contributed by atoms with E-state index in [0.29, 0.717) is 49.1 Å². The Balaban J connectivity index is 1.51. The topological polar surface area (TPSA) is 40.6 Å². The highest BCUT2D eigenvalue weighted by molar-refractivity contribution is 8.00. The van der Waals surface area contributed by atoms with Gasteiger partial charge in [0.1, 0.15) is 5.82 Å². The van der Waals surface area contributed by atoms with Crippen LogP contribution in [0.2, 0.25) is 0 Å². The molecule has 1 fully saturated rings. The summed E-state index contributed by atoms with van der Waals surface area (Å²) in [5.41, 5.74) is 2.15. The van der Waals surface area contributed by atoms with Crippen LogP contribution < -0.4 is 4.90 Å². The van der Waals surface area contributed by atoms with Crippen LogP contribution >= 0.6 is 11.8 Å². The summed E-state index contributed by atoms with van der Waals surface area (Å²) in [6.07, 6.45) is 0. The number of hydrogen-bond donors (Lipinski definition) is 0. The zero-order valence-corrected chi connectivity index (χ0v) is 18.0. The van der Waals surface area contributed by atoms with Gasteiger partial charge in [-0.2, -0.15) is 0 Å². The smallest absolute Gasteiger partial charge is 0.233 e. The lowest BCUT2D eigenvalue weighted by atomic mass is 10.0. The fourth-order valence-electron chi connectivity index (χ4n) is 3.36. The number of nitrogens with zero attached hydrogens (tertiary/aromatic N) is 2. The second kappa shape index (κ2) is 9.44. The molecule has 0 aliphatic carbocycles. The van der Waals surface area contributed by atoms with Crippen molar-refractivity contribution < 1.29 is 14.0 Å². The maximum Gasteiger partial charge on any atom is 0.233 e. The zero-order valence-electron chi connectivity index (χ0n) is 17.2. The molecule has 29 heavy (non-hydrogen) atoms. The Bertz CT molecular complexity index is 875. The van der Waals surface area contributed by atoms with Gasteiger partial charge in [-0.05, 0) is 48.7 Å². The van der Waals surface area contributed by atoms with Gasteiger partial charge < -0.3 is 9.80 Å². The normalized spacial score (nSPS) is 14.4. The number of rotatable bonds is 6. The average molecular weight is 415 g/mol. The molecule has 0 saturated carbocycles.